The lowest BCUT2D eigenvalue weighted by atomic mass is 10.2. The highest BCUT2D eigenvalue weighted by atomic mass is 32.1. The highest BCUT2D eigenvalue weighted by Crippen LogP contribution is 2.18. The van der Waals surface area contributed by atoms with Crippen molar-refractivity contribution in [3.8, 4) is 0 Å². The molecule has 15 heavy (non-hydrogen) atoms. The minimum atomic E-state index is 0.670. The maximum absolute atomic E-state index is 4.48. The quantitative estimate of drug-likeness (QED) is 0.841. The third-order valence-corrected chi connectivity index (χ3v) is 3.66. The molecule has 1 aliphatic heterocycles. The fourth-order valence-electron chi connectivity index (χ4n) is 1.97. The minimum Gasteiger partial charge on any atom is -0.314 e. The molecule has 1 aromatic rings. The first-order valence-electron chi connectivity index (χ1n) is 5.56. The standard InChI is InChI=1S/C11H19N3S/c1-14(2)8-10-7-13-11(15-10)6-9-4-3-5-12-9/h7,9,12H,3-6,8H2,1-2H3. The Bertz CT molecular complexity index is 303. The van der Waals surface area contributed by atoms with Crippen LogP contribution in [-0.2, 0) is 13.0 Å². The topological polar surface area (TPSA) is 28.2 Å². The molecule has 1 N–H and O–H groups in total. The van der Waals surface area contributed by atoms with Crippen LogP contribution in [0.2, 0.25) is 0 Å². The normalized spacial score (nSPS) is 21.4. The number of nitrogens with zero attached hydrogens (tertiary/aromatic N) is 2. The lowest BCUT2D eigenvalue weighted by Gasteiger charge is -2.07. The first-order valence-corrected chi connectivity index (χ1v) is 6.37. The predicted octanol–water partition coefficient (Wildman–Crippen LogP) is 1.50. The number of thiazole rings is 1. The smallest absolute Gasteiger partial charge is 0.0943 e. The number of rotatable bonds is 4. The van der Waals surface area contributed by atoms with E-state index >= 15 is 0 Å². The Morgan fingerprint density at radius 2 is 2.47 bits per heavy atom. The van der Waals surface area contributed by atoms with Crippen molar-refractivity contribution in [1.29, 1.82) is 0 Å². The van der Waals surface area contributed by atoms with Gasteiger partial charge in [-0.3, -0.25) is 0 Å². The average molecular weight is 225 g/mol. The van der Waals surface area contributed by atoms with Crippen LogP contribution in [0.25, 0.3) is 0 Å². The van der Waals surface area contributed by atoms with Crippen LogP contribution < -0.4 is 5.32 Å². The van der Waals surface area contributed by atoms with Crippen molar-refractivity contribution in [2.45, 2.75) is 31.8 Å². The van der Waals surface area contributed by atoms with Gasteiger partial charge in [0, 0.05) is 30.1 Å². The van der Waals surface area contributed by atoms with E-state index in [1.807, 2.05) is 17.5 Å². The van der Waals surface area contributed by atoms with Gasteiger partial charge >= 0.3 is 0 Å². The molecule has 84 valence electrons. The summed E-state index contributed by atoms with van der Waals surface area (Å²) >= 11 is 1.86. The Kier molecular flexibility index (Phi) is 3.72. The van der Waals surface area contributed by atoms with E-state index in [0.29, 0.717) is 6.04 Å². The molecule has 1 atom stereocenters. The SMILES string of the molecule is CN(C)Cc1cnc(CC2CCCN2)s1. The van der Waals surface area contributed by atoms with Crippen LogP contribution >= 0.6 is 11.3 Å². The fraction of sp³-hybridized carbons (Fsp3) is 0.727. The molecule has 2 rings (SSSR count). The van der Waals surface area contributed by atoms with Crippen LogP contribution in [0.5, 0.6) is 0 Å². The number of aromatic nitrogens is 1. The average Bonchev–Trinajstić information content (AvgIpc) is 2.77. The second-order valence-electron chi connectivity index (χ2n) is 4.46. The maximum atomic E-state index is 4.48. The van der Waals surface area contributed by atoms with Gasteiger partial charge < -0.3 is 10.2 Å². The Labute approximate surface area is 95.5 Å². The van der Waals surface area contributed by atoms with Gasteiger partial charge in [0.15, 0.2) is 0 Å². The van der Waals surface area contributed by atoms with E-state index in [4.69, 9.17) is 0 Å². The van der Waals surface area contributed by atoms with Gasteiger partial charge in [0.2, 0.25) is 0 Å². The van der Waals surface area contributed by atoms with Gasteiger partial charge in [0.25, 0.3) is 0 Å². The van der Waals surface area contributed by atoms with Crippen molar-refractivity contribution in [3.05, 3.63) is 16.1 Å². The lowest BCUT2D eigenvalue weighted by molar-refractivity contribution is 0.406. The van der Waals surface area contributed by atoms with Gasteiger partial charge in [-0.2, -0.15) is 0 Å². The summed E-state index contributed by atoms with van der Waals surface area (Å²) in [5.41, 5.74) is 0. The van der Waals surface area contributed by atoms with Crippen LogP contribution in [-0.4, -0.2) is 36.6 Å². The minimum absolute atomic E-state index is 0.670. The molecule has 0 aliphatic carbocycles. The molecule has 0 spiro atoms. The van der Waals surface area contributed by atoms with E-state index in [0.717, 1.165) is 13.0 Å². The van der Waals surface area contributed by atoms with Crippen molar-refractivity contribution < 1.29 is 0 Å². The molecule has 1 saturated heterocycles. The zero-order valence-corrected chi connectivity index (χ0v) is 10.3. The molecule has 0 saturated carbocycles. The van der Waals surface area contributed by atoms with E-state index in [-0.39, 0.29) is 0 Å². The Morgan fingerprint density at radius 3 is 3.13 bits per heavy atom. The summed E-state index contributed by atoms with van der Waals surface area (Å²) in [6.45, 7) is 2.19. The summed E-state index contributed by atoms with van der Waals surface area (Å²) in [5.74, 6) is 0. The molecule has 1 aliphatic rings. The summed E-state index contributed by atoms with van der Waals surface area (Å²) in [6, 6.07) is 0.670. The maximum Gasteiger partial charge on any atom is 0.0943 e. The van der Waals surface area contributed by atoms with Gasteiger partial charge in [-0.15, -0.1) is 11.3 Å². The van der Waals surface area contributed by atoms with Crippen LogP contribution in [0.4, 0.5) is 0 Å². The zero-order chi connectivity index (χ0) is 10.7. The van der Waals surface area contributed by atoms with Gasteiger partial charge in [0.05, 0.1) is 5.01 Å². The first kappa shape index (κ1) is 11.0. The van der Waals surface area contributed by atoms with Crippen LogP contribution in [0.15, 0.2) is 6.20 Å². The lowest BCUT2D eigenvalue weighted by Crippen LogP contribution is -2.23. The molecular formula is C11H19N3S. The molecular weight excluding hydrogens is 206 g/mol. The van der Waals surface area contributed by atoms with Gasteiger partial charge in [-0.1, -0.05) is 0 Å². The summed E-state index contributed by atoms with van der Waals surface area (Å²) in [6.07, 6.45) is 5.76. The van der Waals surface area contributed by atoms with Crippen molar-refractivity contribution in [2.24, 2.45) is 0 Å². The van der Waals surface area contributed by atoms with E-state index in [9.17, 15) is 0 Å². The molecule has 1 unspecified atom stereocenters. The van der Waals surface area contributed by atoms with Crippen LogP contribution in [0, 0.1) is 0 Å². The molecule has 2 heterocycles. The molecule has 4 heteroatoms. The predicted molar refractivity (Wildman–Crippen MR) is 64.2 cm³/mol. The van der Waals surface area contributed by atoms with Gasteiger partial charge in [0.1, 0.15) is 0 Å². The highest BCUT2D eigenvalue weighted by molar-refractivity contribution is 7.11. The summed E-state index contributed by atoms with van der Waals surface area (Å²) in [7, 11) is 4.19. The highest BCUT2D eigenvalue weighted by Gasteiger charge is 2.16. The summed E-state index contributed by atoms with van der Waals surface area (Å²) < 4.78 is 0. The third kappa shape index (κ3) is 3.26. The molecule has 3 nitrogen and oxygen atoms in total. The number of hydrogen-bond acceptors (Lipinski definition) is 4. The van der Waals surface area contributed by atoms with E-state index in [2.05, 4.69) is 29.3 Å². The second-order valence-corrected chi connectivity index (χ2v) is 5.66. The summed E-state index contributed by atoms with van der Waals surface area (Å²) in [5, 5.41) is 4.79. The second kappa shape index (κ2) is 5.05. The van der Waals surface area contributed by atoms with Gasteiger partial charge in [-0.25, -0.2) is 4.98 Å². The van der Waals surface area contributed by atoms with Crippen molar-refractivity contribution >= 4 is 11.3 Å². The molecule has 1 aromatic heterocycles. The first-order chi connectivity index (χ1) is 7.24. The van der Waals surface area contributed by atoms with Crippen LogP contribution in [0.1, 0.15) is 22.7 Å². The Hall–Kier alpha value is -0.450. The Morgan fingerprint density at radius 1 is 1.60 bits per heavy atom. The molecule has 0 aromatic carbocycles. The Balaban J connectivity index is 1.88. The molecule has 0 amide bonds. The monoisotopic (exact) mass is 225 g/mol. The van der Waals surface area contributed by atoms with E-state index in [1.54, 1.807) is 0 Å². The zero-order valence-electron chi connectivity index (χ0n) is 9.49. The summed E-state index contributed by atoms with van der Waals surface area (Å²) in [4.78, 5) is 8.04. The molecule has 1 fully saturated rings. The van der Waals surface area contributed by atoms with Crippen molar-refractivity contribution in [1.82, 2.24) is 15.2 Å². The van der Waals surface area contributed by atoms with Crippen LogP contribution in [0.3, 0.4) is 0 Å². The molecule has 0 bridgehead atoms. The van der Waals surface area contributed by atoms with Gasteiger partial charge in [-0.05, 0) is 33.5 Å². The van der Waals surface area contributed by atoms with E-state index in [1.165, 1.54) is 29.3 Å². The third-order valence-electron chi connectivity index (χ3n) is 2.66. The van der Waals surface area contributed by atoms with E-state index < -0.39 is 0 Å². The van der Waals surface area contributed by atoms with Crippen molar-refractivity contribution in [3.63, 3.8) is 0 Å². The number of nitrogens with one attached hydrogen (secondary N) is 1. The largest absolute Gasteiger partial charge is 0.314 e. The number of hydrogen-bond donors (Lipinski definition) is 1. The molecule has 0 radical (unpaired) electrons. The fourth-order valence-corrected chi connectivity index (χ4v) is 3.09. The van der Waals surface area contributed by atoms with Crippen molar-refractivity contribution in [2.75, 3.05) is 20.6 Å².